The molecule has 80 valence electrons. The van der Waals surface area contributed by atoms with Crippen molar-refractivity contribution in [2.24, 2.45) is 0 Å². The Morgan fingerprint density at radius 1 is 1.21 bits per heavy atom. The van der Waals surface area contributed by atoms with E-state index in [9.17, 15) is 5.11 Å². The first-order valence-corrected chi connectivity index (χ1v) is 4.88. The fourth-order valence-corrected chi connectivity index (χ4v) is 2.30. The van der Waals surface area contributed by atoms with Gasteiger partial charge >= 0.3 is 0 Å². The van der Waals surface area contributed by atoms with E-state index in [1.807, 2.05) is 13.8 Å². The van der Waals surface area contributed by atoms with Crippen LogP contribution in [0.15, 0.2) is 0 Å². The highest BCUT2D eigenvalue weighted by Crippen LogP contribution is 2.40. The summed E-state index contributed by atoms with van der Waals surface area (Å²) >= 11 is 0. The lowest BCUT2D eigenvalue weighted by atomic mass is 10.0. The number of hydrogen-bond donors (Lipinski definition) is 1. The summed E-state index contributed by atoms with van der Waals surface area (Å²) in [6.45, 7) is 4.07. The van der Waals surface area contributed by atoms with Crippen LogP contribution in [-0.2, 0) is 18.9 Å². The average molecular weight is 202 g/mol. The molecule has 3 saturated heterocycles. The minimum absolute atomic E-state index is 0.265. The summed E-state index contributed by atoms with van der Waals surface area (Å²) in [4.78, 5) is 0. The maximum atomic E-state index is 9.89. The van der Waals surface area contributed by atoms with Gasteiger partial charge < -0.3 is 24.1 Å². The van der Waals surface area contributed by atoms with E-state index in [1.54, 1.807) is 0 Å². The van der Waals surface area contributed by atoms with Crippen LogP contribution >= 0.6 is 0 Å². The molecule has 0 saturated carbocycles. The van der Waals surface area contributed by atoms with E-state index in [0.717, 1.165) is 0 Å². The van der Waals surface area contributed by atoms with Crippen LogP contribution in [0.25, 0.3) is 0 Å². The monoisotopic (exact) mass is 202 g/mol. The van der Waals surface area contributed by atoms with Gasteiger partial charge in [-0.3, -0.25) is 0 Å². The molecule has 5 heteroatoms. The molecule has 3 rings (SSSR count). The molecule has 0 radical (unpaired) electrons. The maximum Gasteiger partial charge on any atom is 0.187 e. The van der Waals surface area contributed by atoms with E-state index < -0.39 is 11.9 Å². The van der Waals surface area contributed by atoms with Crippen molar-refractivity contribution >= 4 is 0 Å². The Balaban J connectivity index is 1.88. The first kappa shape index (κ1) is 9.06. The summed E-state index contributed by atoms with van der Waals surface area (Å²) in [6.07, 6.45) is -1.93. The zero-order chi connectivity index (χ0) is 9.92. The molecule has 0 amide bonds. The number of ether oxygens (including phenoxy) is 4. The van der Waals surface area contributed by atoms with Gasteiger partial charge in [0.2, 0.25) is 0 Å². The fourth-order valence-electron chi connectivity index (χ4n) is 2.30. The van der Waals surface area contributed by atoms with Crippen LogP contribution in [0.2, 0.25) is 0 Å². The summed E-state index contributed by atoms with van der Waals surface area (Å²) in [5.74, 6) is -0.659. The number of rotatable bonds is 0. The van der Waals surface area contributed by atoms with Gasteiger partial charge in [-0.1, -0.05) is 0 Å². The predicted molar refractivity (Wildman–Crippen MR) is 44.4 cm³/mol. The predicted octanol–water partition coefficient (Wildman–Crippen LogP) is -0.378. The lowest BCUT2D eigenvalue weighted by Crippen LogP contribution is -2.52. The molecule has 3 fully saturated rings. The number of aliphatic hydroxyl groups excluding tert-OH is 1. The van der Waals surface area contributed by atoms with Crippen LogP contribution in [0.4, 0.5) is 0 Å². The molecule has 2 bridgehead atoms. The summed E-state index contributed by atoms with van der Waals surface area (Å²) < 4.78 is 22.0. The van der Waals surface area contributed by atoms with Crippen molar-refractivity contribution in [1.29, 1.82) is 0 Å². The molecular weight excluding hydrogens is 188 g/mol. The summed E-state index contributed by atoms with van der Waals surface area (Å²) in [7, 11) is 0. The Bertz CT molecular complexity index is 246. The first-order valence-electron chi connectivity index (χ1n) is 4.88. The normalized spacial score (nSPS) is 54.6. The van der Waals surface area contributed by atoms with Crippen molar-refractivity contribution in [2.45, 2.75) is 50.3 Å². The van der Waals surface area contributed by atoms with E-state index in [1.165, 1.54) is 0 Å². The molecular formula is C9H14O5. The largest absolute Gasteiger partial charge is 0.387 e. The lowest BCUT2D eigenvalue weighted by Gasteiger charge is -2.31. The molecule has 0 aromatic rings. The Morgan fingerprint density at radius 2 is 1.93 bits per heavy atom. The molecule has 0 aliphatic carbocycles. The van der Waals surface area contributed by atoms with Gasteiger partial charge in [-0.2, -0.15) is 0 Å². The SMILES string of the molecule is CC1(C)OC2C(O1)[C@H](O)C1CO[C@@H]2O1. The van der Waals surface area contributed by atoms with E-state index in [2.05, 4.69) is 0 Å². The molecule has 3 unspecified atom stereocenters. The molecule has 3 aliphatic rings. The third kappa shape index (κ3) is 1.14. The highest BCUT2D eigenvalue weighted by Gasteiger charge is 2.58. The number of aliphatic hydroxyl groups is 1. The Labute approximate surface area is 81.9 Å². The van der Waals surface area contributed by atoms with Gasteiger partial charge in [0.05, 0.1) is 6.61 Å². The van der Waals surface area contributed by atoms with Crippen LogP contribution in [0.5, 0.6) is 0 Å². The highest BCUT2D eigenvalue weighted by atomic mass is 16.8. The number of fused-ring (bicyclic) bond motifs is 4. The van der Waals surface area contributed by atoms with Crippen molar-refractivity contribution in [1.82, 2.24) is 0 Å². The zero-order valence-electron chi connectivity index (χ0n) is 8.17. The third-order valence-corrected chi connectivity index (χ3v) is 2.88. The molecule has 3 heterocycles. The molecule has 1 N–H and O–H groups in total. The fraction of sp³-hybridized carbons (Fsp3) is 1.00. The highest BCUT2D eigenvalue weighted by molar-refractivity contribution is 4.98. The third-order valence-electron chi connectivity index (χ3n) is 2.88. The molecule has 3 aliphatic heterocycles. The van der Waals surface area contributed by atoms with Gasteiger partial charge in [0, 0.05) is 0 Å². The second kappa shape index (κ2) is 2.68. The minimum atomic E-state index is -0.659. The van der Waals surface area contributed by atoms with E-state index in [0.29, 0.717) is 6.61 Å². The molecule has 5 atom stereocenters. The summed E-state index contributed by atoms with van der Waals surface area (Å²) in [5.41, 5.74) is 0. The van der Waals surface area contributed by atoms with Gasteiger partial charge in [0.25, 0.3) is 0 Å². The van der Waals surface area contributed by atoms with Gasteiger partial charge in [-0.25, -0.2) is 0 Å². The van der Waals surface area contributed by atoms with Crippen molar-refractivity contribution in [3.05, 3.63) is 0 Å². The van der Waals surface area contributed by atoms with Gasteiger partial charge in [-0.05, 0) is 13.8 Å². The second-order valence-corrected chi connectivity index (χ2v) is 4.43. The van der Waals surface area contributed by atoms with Crippen molar-refractivity contribution in [3.63, 3.8) is 0 Å². The van der Waals surface area contributed by atoms with Gasteiger partial charge in [0.15, 0.2) is 12.1 Å². The Hall–Kier alpha value is -0.200. The quantitative estimate of drug-likeness (QED) is 0.580. The van der Waals surface area contributed by atoms with Crippen LogP contribution < -0.4 is 0 Å². The molecule has 5 nitrogen and oxygen atoms in total. The van der Waals surface area contributed by atoms with Gasteiger partial charge in [-0.15, -0.1) is 0 Å². The Morgan fingerprint density at radius 3 is 2.71 bits per heavy atom. The van der Waals surface area contributed by atoms with Crippen molar-refractivity contribution < 1.29 is 24.1 Å². The van der Waals surface area contributed by atoms with Crippen molar-refractivity contribution in [3.8, 4) is 0 Å². The van der Waals surface area contributed by atoms with E-state index in [4.69, 9.17) is 18.9 Å². The zero-order valence-corrected chi connectivity index (χ0v) is 8.17. The summed E-state index contributed by atoms with van der Waals surface area (Å²) in [5, 5.41) is 9.89. The minimum Gasteiger partial charge on any atom is -0.387 e. The molecule has 0 spiro atoms. The standard InChI is InChI=1S/C9H14O5/c1-9(2)13-6-5(10)4-3-11-8(12-4)7(6)14-9/h4-8,10H,3H2,1-2H3/t4?,5-,6?,7?,8-/m1/s1. The summed E-state index contributed by atoms with van der Waals surface area (Å²) in [6, 6.07) is 0. The van der Waals surface area contributed by atoms with Gasteiger partial charge in [0.1, 0.15) is 24.4 Å². The lowest BCUT2D eigenvalue weighted by molar-refractivity contribution is -0.198. The van der Waals surface area contributed by atoms with Crippen LogP contribution in [0, 0.1) is 0 Å². The second-order valence-electron chi connectivity index (χ2n) is 4.43. The van der Waals surface area contributed by atoms with Crippen LogP contribution in [-0.4, -0.2) is 48.2 Å². The maximum absolute atomic E-state index is 9.89. The molecule has 14 heavy (non-hydrogen) atoms. The topological polar surface area (TPSA) is 57.2 Å². The average Bonchev–Trinajstić information content (AvgIpc) is 2.64. The number of hydrogen-bond acceptors (Lipinski definition) is 5. The molecule has 0 aromatic heterocycles. The first-order chi connectivity index (χ1) is 6.57. The van der Waals surface area contributed by atoms with E-state index >= 15 is 0 Å². The van der Waals surface area contributed by atoms with Crippen LogP contribution in [0.1, 0.15) is 13.8 Å². The van der Waals surface area contributed by atoms with Crippen molar-refractivity contribution in [2.75, 3.05) is 6.61 Å². The Kier molecular flexibility index (Phi) is 1.73. The van der Waals surface area contributed by atoms with Crippen LogP contribution in [0.3, 0.4) is 0 Å². The molecule has 0 aromatic carbocycles. The van der Waals surface area contributed by atoms with E-state index in [-0.39, 0.29) is 24.6 Å². The smallest absolute Gasteiger partial charge is 0.187 e.